The fraction of sp³-hybridized carbons (Fsp3) is 0.235. The molecular formula is C17H18Cl2N2O4S. The Morgan fingerprint density at radius 1 is 1.15 bits per heavy atom. The molecule has 0 bridgehead atoms. The van der Waals surface area contributed by atoms with Crippen LogP contribution in [0.25, 0.3) is 0 Å². The molecule has 140 valence electrons. The Morgan fingerprint density at radius 2 is 1.85 bits per heavy atom. The Labute approximate surface area is 162 Å². The molecule has 0 aliphatic rings. The average molecular weight is 417 g/mol. The average Bonchev–Trinajstić information content (AvgIpc) is 2.60. The summed E-state index contributed by atoms with van der Waals surface area (Å²) in [5.74, 6) is -0.0821. The minimum absolute atomic E-state index is 0.0234. The van der Waals surface area contributed by atoms with E-state index in [9.17, 15) is 13.2 Å². The Bertz CT molecular complexity index is 903. The van der Waals surface area contributed by atoms with Crippen molar-refractivity contribution >= 4 is 39.1 Å². The maximum absolute atomic E-state index is 12.6. The smallest absolute Gasteiger partial charge is 0.243 e. The molecule has 0 atom stereocenters. The van der Waals surface area contributed by atoms with Gasteiger partial charge in [-0.05, 0) is 29.8 Å². The van der Waals surface area contributed by atoms with Crippen molar-refractivity contribution in [2.45, 2.75) is 11.4 Å². The SMILES string of the molecule is COc1ccc(S(=O)(=O)N(C)CC(=O)NCc2ccccc2Cl)cc1Cl. The summed E-state index contributed by atoms with van der Waals surface area (Å²) in [6, 6.07) is 11.2. The maximum Gasteiger partial charge on any atom is 0.243 e. The number of ether oxygens (including phenoxy) is 1. The molecule has 0 heterocycles. The van der Waals surface area contributed by atoms with Crippen LogP contribution in [0, 0.1) is 0 Å². The predicted molar refractivity (Wildman–Crippen MR) is 101 cm³/mol. The van der Waals surface area contributed by atoms with Gasteiger partial charge in [-0.1, -0.05) is 41.4 Å². The van der Waals surface area contributed by atoms with Crippen LogP contribution in [0.2, 0.25) is 10.0 Å². The largest absolute Gasteiger partial charge is 0.495 e. The molecule has 0 radical (unpaired) electrons. The predicted octanol–water partition coefficient (Wildman–Crippen LogP) is 2.94. The molecule has 26 heavy (non-hydrogen) atoms. The molecule has 2 aromatic carbocycles. The highest BCUT2D eigenvalue weighted by Gasteiger charge is 2.24. The first kappa shape index (κ1) is 20.5. The second kappa shape index (κ2) is 8.73. The molecule has 0 fully saturated rings. The molecular weight excluding hydrogens is 399 g/mol. The molecule has 0 aliphatic heterocycles. The van der Waals surface area contributed by atoms with E-state index in [1.165, 1.54) is 32.4 Å². The number of nitrogens with zero attached hydrogens (tertiary/aromatic N) is 1. The van der Waals surface area contributed by atoms with Crippen LogP contribution in [-0.4, -0.2) is 39.3 Å². The highest BCUT2D eigenvalue weighted by molar-refractivity contribution is 7.89. The lowest BCUT2D eigenvalue weighted by Crippen LogP contribution is -2.38. The molecule has 0 aliphatic carbocycles. The monoisotopic (exact) mass is 416 g/mol. The van der Waals surface area contributed by atoms with Gasteiger partial charge in [-0.3, -0.25) is 4.79 Å². The molecule has 0 unspecified atom stereocenters. The van der Waals surface area contributed by atoms with Crippen LogP contribution < -0.4 is 10.1 Å². The van der Waals surface area contributed by atoms with Crippen molar-refractivity contribution in [1.82, 2.24) is 9.62 Å². The molecule has 0 spiro atoms. The first-order valence-electron chi connectivity index (χ1n) is 7.55. The molecule has 2 aromatic rings. The normalized spacial score (nSPS) is 11.4. The molecule has 2 rings (SSSR count). The lowest BCUT2D eigenvalue weighted by Gasteiger charge is -2.17. The van der Waals surface area contributed by atoms with Crippen LogP contribution in [-0.2, 0) is 21.4 Å². The zero-order chi connectivity index (χ0) is 19.3. The maximum atomic E-state index is 12.6. The van der Waals surface area contributed by atoms with Gasteiger partial charge in [-0.25, -0.2) is 8.42 Å². The van der Waals surface area contributed by atoms with Crippen molar-refractivity contribution in [2.75, 3.05) is 20.7 Å². The van der Waals surface area contributed by atoms with E-state index < -0.39 is 15.9 Å². The van der Waals surface area contributed by atoms with Crippen LogP contribution in [0.15, 0.2) is 47.4 Å². The number of carbonyl (C=O) groups excluding carboxylic acids is 1. The summed E-state index contributed by atoms with van der Waals surface area (Å²) in [6.45, 7) is -0.128. The second-order valence-electron chi connectivity index (χ2n) is 5.43. The standard InChI is InChI=1S/C17H18Cl2N2O4S/c1-21(11-17(22)20-10-12-5-3-4-6-14(12)18)26(23,24)13-7-8-16(25-2)15(19)9-13/h3-9H,10-11H2,1-2H3,(H,20,22). The number of carbonyl (C=O) groups is 1. The van der Waals surface area contributed by atoms with Gasteiger partial charge in [0.15, 0.2) is 0 Å². The van der Waals surface area contributed by atoms with Crippen LogP contribution in [0.1, 0.15) is 5.56 Å². The van der Waals surface area contributed by atoms with Gasteiger partial charge in [0, 0.05) is 18.6 Å². The van der Waals surface area contributed by atoms with Gasteiger partial charge < -0.3 is 10.1 Å². The van der Waals surface area contributed by atoms with Gasteiger partial charge in [0.1, 0.15) is 5.75 Å². The summed E-state index contributed by atoms with van der Waals surface area (Å²) in [6.07, 6.45) is 0. The van der Waals surface area contributed by atoms with Gasteiger partial charge >= 0.3 is 0 Å². The number of hydrogen-bond donors (Lipinski definition) is 1. The molecule has 1 N–H and O–H groups in total. The third-order valence-corrected chi connectivity index (χ3v) is 6.10. The summed E-state index contributed by atoms with van der Waals surface area (Å²) in [4.78, 5) is 12.1. The van der Waals surface area contributed by atoms with Crippen LogP contribution in [0.4, 0.5) is 0 Å². The highest BCUT2D eigenvalue weighted by Crippen LogP contribution is 2.28. The molecule has 9 heteroatoms. The van der Waals surface area contributed by atoms with Crippen LogP contribution >= 0.6 is 23.2 Å². The molecule has 1 amide bonds. The number of likely N-dealkylation sites (N-methyl/N-ethyl adjacent to an activating group) is 1. The lowest BCUT2D eigenvalue weighted by atomic mass is 10.2. The summed E-state index contributed by atoms with van der Waals surface area (Å²) in [7, 11) is -1.11. The van der Waals surface area contributed by atoms with Gasteiger partial charge in [0.05, 0.1) is 23.6 Å². The zero-order valence-corrected chi connectivity index (χ0v) is 16.5. The van der Waals surface area contributed by atoms with Crippen LogP contribution in [0.3, 0.4) is 0 Å². The fourth-order valence-corrected chi connectivity index (χ4v) is 3.85. The van der Waals surface area contributed by atoms with Crippen molar-refractivity contribution in [2.24, 2.45) is 0 Å². The van der Waals surface area contributed by atoms with Crippen molar-refractivity contribution in [3.8, 4) is 5.75 Å². The van der Waals surface area contributed by atoms with E-state index in [0.29, 0.717) is 10.8 Å². The fourth-order valence-electron chi connectivity index (χ4n) is 2.17. The number of sulfonamides is 1. The van der Waals surface area contributed by atoms with Crippen LogP contribution in [0.5, 0.6) is 5.75 Å². The molecule has 6 nitrogen and oxygen atoms in total. The van der Waals surface area contributed by atoms with E-state index in [2.05, 4.69) is 5.32 Å². The van der Waals surface area contributed by atoms with E-state index in [1.54, 1.807) is 24.3 Å². The third kappa shape index (κ3) is 4.88. The van der Waals surface area contributed by atoms with Crippen molar-refractivity contribution in [3.63, 3.8) is 0 Å². The first-order valence-corrected chi connectivity index (χ1v) is 9.75. The third-order valence-electron chi connectivity index (χ3n) is 3.63. The quantitative estimate of drug-likeness (QED) is 0.752. The van der Waals surface area contributed by atoms with Crippen molar-refractivity contribution in [3.05, 3.63) is 58.1 Å². The van der Waals surface area contributed by atoms with Crippen molar-refractivity contribution < 1.29 is 17.9 Å². The molecule has 0 saturated heterocycles. The van der Waals surface area contributed by atoms with E-state index in [1.807, 2.05) is 0 Å². The summed E-state index contributed by atoms with van der Waals surface area (Å²) < 4.78 is 31.1. The Kier molecular flexibility index (Phi) is 6.88. The number of amides is 1. The van der Waals surface area contributed by atoms with Gasteiger partial charge in [0.2, 0.25) is 15.9 Å². The highest BCUT2D eigenvalue weighted by atomic mass is 35.5. The molecule has 0 saturated carbocycles. The van der Waals surface area contributed by atoms with Gasteiger partial charge in [0.25, 0.3) is 0 Å². The number of nitrogens with one attached hydrogen (secondary N) is 1. The minimum atomic E-state index is -3.87. The number of halogens is 2. The summed E-state index contributed by atoms with van der Waals surface area (Å²) >= 11 is 12.0. The van der Waals surface area contributed by atoms with E-state index in [0.717, 1.165) is 9.87 Å². The zero-order valence-electron chi connectivity index (χ0n) is 14.2. The van der Waals surface area contributed by atoms with Crippen molar-refractivity contribution in [1.29, 1.82) is 0 Å². The Hall–Kier alpha value is -1.80. The topological polar surface area (TPSA) is 75.7 Å². The van der Waals surface area contributed by atoms with Gasteiger partial charge in [-0.2, -0.15) is 4.31 Å². The summed E-state index contributed by atoms with van der Waals surface area (Å²) in [5.41, 5.74) is 0.745. The molecule has 0 aromatic heterocycles. The second-order valence-corrected chi connectivity index (χ2v) is 8.28. The minimum Gasteiger partial charge on any atom is -0.495 e. The Morgan fingerprint density at radius 3 is 2.46 bits per heavy atom. The number of hydrogen-bond acceptors (Lipinski definition) is 4. The van der Waals surface area contributed by atoms with E-state index >= 15 is 0 Å². The van der Waals surface area contributed by atoms with E-state index in [-0.39, 0.29) is 23.0 Å². The summed E-state index contributed by atoms with van der Waals surface area (Å²) in [5, 5.41) is 3.35. The Balaban J connectivity index is 2.03. The lowest BCUT2D eigenvalue weighted by molar-refractivity contribution is -0.121. The number of methoxy groups -OCH3 is 1. The number of rotatable bonds is 7. The number of benzene rings is 2. The van der Waals surface area contributed by atoms with Gasteiger partial charge in [-0.15, -0.1) is 0 Å². The first-order chi connectivity index (χ1) is 12.3. The van der Waals surface area contributed by atoms with E-state index in [4.69, 9.17) is 27.9 Å².